The largest absolute Gasteiger partial charge is 0.466 e. The van der Waals surface area contributed by atoms with Crippen LogP contribution in [0.3, 0.4) is 0 Å². The zero-order valence-corrected chi connectivity index (χ0v) is 12.3. The van der Waals surface area contributed by atoms with E-state index < -0.39 is 34.9 Å². The maximum Gasteiger partial charge on any atom is 0.351 e. The normalized spacial score (nSPS) is 37.9. The van der Waals surface area contributed by atoms with E-state index in [4.69, 9.17) is 14.2 Å². The lowest BCUT2D eigenvalue weighted by molar-refractivity contribution is -0.185. The van der Waals surface area contributed by atoms with E-state index in [0.29, 0.717) is 6.42 Å². The molecule has 6 heteroatoms. The average Bonchev–Trinajstić information content (AvgIpc) is 2.67. The van der Waals surface area contributed by atoms with E-state index >= 15 is 0 Å². The lowest BCUT2D eigenvalue weighted by atomic mass is 9.88. The van der Waals surface area contributed by atoms with Crippen LogP contribution in [0.1, 0.15) is 34.1 Å². The summed E-state index contributed by atoms with van der Waals surface area (Å²) in [4.78, 5) is 26.0. The standard InChI is InChI=1S/C13H21NO5/c1-11(2,3)18-8-7-12(4)14(5)9(15)13(8,19-12)10(16)17-6/h8H,7H2,1-6H3/t8-,12-,13+/m1/s1. The zero-order chi connectivity index (χ0) is 14.6. The third kappa shape index (κ3) is 1.85. The van der Waals surface area contributed by atoms with Gasteiger partial charge in [0.05, 0.1) is 12.7 Å². The Morgan fingerprint density at radius 2 is 2.05 bits per heavy atom. The SMILES string of the molecule is COC(=O)[C@]12O[C@](C)(C[C@H]1OC(C)(C)C)N(C)C2=O. The molecule has 2 rings (SSSR count). The first-order valence-corrected chi connectivity index (χ1v) is 6.31. The van der Waals surface area contributed by atoms with Crippen LogP contribution in [0.5, 0.6) is 0 Å². The molecule has 2 bridgehead atoms. The molecule has 108 valence electrons. The summed E-state index contributed by atoms with van der Waals surface area (Å²) in [6.07, 6.45) is -0.185. The highest BCUT2D eigenvalue weighted by Crippen LogP contribution is 2.50. The fourth-order valence-electron chi connectivity index (χ4n) is 2.76. The number of fused-ring (bicyclic) bond motifs is 2. The van der Waals surface area contributed by atoms with E-state index in [1.54, 1.807) is 14.0 Å². The second-order valence-electron chi connectivity index (χ2n) is 6.29. The highest BCUT2D eigenvalue weighted by molar-refractivity contribution is 6.09. The molecule has 0 saturated carbocycles. The Labute approximate surface area is 113 Å². The first-order valence-electron chi connectivity index (χ1n) is 6.31. The van der Waals surface area contributed by atoms with E-state index in [2.05, 4.69) is 0 Å². The lowest BCUT2D eigenvalue weighted by Gasteiger charge is -2.37. The Balaban J connectivity index is 2.42. The van der Waals surface area contributed by atoms with Gasteiger partial charge in [0.1, 0.15) is 11.8 Å². The van der Waals surface area contributed by atoms with Crippen LogP contribution in [0.4, 0.5) is 0 Å². The van der Waals surface area contributed by atoms with Gasteiger partial charge >= 0.3 is 5.97 Å². The van der Waals surface area contributed by atoms with Gasteiger partial charge in [0.2, 0.25) is 0 Å². The molecule has 2 fully saturated rings. The van der Waals surface area contributed by atoms with Gasteiger partial charge in [0, 0.05) is 13.5 Å². The summed E-state index contributed by atoms with van der Waals surface area (Å²) in [5, 5.41) is 0. The summed E-state index contributed by atoms with van der Waals surface area (Å²) in [5.41, 5.74) is -2.96. The van der Waals surface area contributed by atoms with E-state index in [0.717, 1.165) is 0 Å². The van der Waals surface area contributed by atoms with Gasteiger partial charge in [-0.05, 0) is 27.7 Å². The first-order chi connectivity index (χ1) is 8.57. The van der Waals surface area contributed by atoms with Gasteiger partial charge in [0.25, 0.3) is 11.5 Å². The van der Waals surface area contributed by atoms with Crippen LogP contribution in [0.25, 0.3) is 0 Å². The van der Waals surface area contributed by atoms with Crippen molar-refractivity contribution in [1.82, 2.24) is 4.90 Å². The van der Waals surface area contributed by atoms with Crippen LogP contribution < -0.4 is 0 Å². The third-order valence-electron chi connectivity index (χ3n) is 3.71. The smallest absolute Gasteiger partial charge is 0.351 e. The number of likely N-dealkylation sites (tertiary alicyclic amines) is 1. The summed E-state index contributed by atoms with van der Waals surface area (Å²) < 4.78 is 16.4. The number of carbonyl (C=O) groups excluding carboxylic acids is 2. The molecule has 0 radical (unpaired) electrons. The Kier molecular flexibility index (Phi) is 2.95. The van der Waals surface area contributed by atoms with Gasteiger partial charge in [-0.3, -0.25) is 4.79 Å². The number of piperidine rings is 1. The van der Waals surface area contributed by atoms with E-state index in [9.17, 15) is 9.59 Å². The Morgan fingerprint density at radius 1 is 1.47 bits per heavy atom. The topological polar surface area (TPSA) is 65.1 Å². The molecule has 2 aliphatic heterocycles. The molecule has 2 saturated heterocycles. The van der Waals surface area contributed by atoms with Crippen LogP contribution >= 0.6 is 0 Å². The molecule has 0 aromatic carbocycles. The molecule has 0 unspecified atom stereocenters. The Hall–Kier alpha value is -1.14. The number of esters is 1. The molecular formula is C13H21NO5. The lowest BCUT2D eigenvalue weighted by Crippen LogP contribution is -2.60. The van der Waals surface area contributed by atoms with E-state index in [-0.39, 0.29) is 0 Å². The number of amides is 1. The molecule has 1 amide bonds. The van der Waals surface area contributed by atoms with E-state index in [1.807, 2.05) is 20.8 Å². The number of nitrogens with zero attached hydrogens (tertiary/aromatic N) is 1. The van der Waals surface area contributed by atoms with Crippen molar-refractivity contribution in [2.24, 2.45) is 0 Å². The number of likely N-dealkylation sites (N-methyl/N-ethyl adjacent to an activating group) is 1. The number of carbonyl (C=O) groups is 2. The molecule has 2 heterocycles. The van der Waals surface area contributed by atoms with Gasteiger partial charge in [-0.25, -0.2) is 4.79 Å². The van der Waals surface area contributed by atoms with Crippen molar-refractivity contribution in [1.29, 1.82) is 0 Å². The molecule has 6 nitrogen and oxygen atoms in total. The minimum absolute atomic E-state index is 0.401. The van der Waals surface area contributed by atoms with Crippen molar-refractivity contribution in [3.8, 4) is 0 Å². The molecule has 3 atom stereocenters. The van der Waals surface area contributed by atoms with Crippen LogP contribution in [0.2, 0.25) is 0 Å². The van der Waals surface area contributed by atoms with Crippen molar-refractivity contribution in [3.63, 3.8) is 0 Å². The summed E-state index contributed by atoms with van der Waals surface area (Å²) >= 11 is 0. The zero-order valence-electron chi connectivity index (χ0n) is 12.3. The maximum atomic E-state index is 12.4. The fraction of sp³-hybridized carbons (Fsp3) is 0.846. The number of hydrogen-bond donors (Lipinski definition) is 0. The summed E-state index contributed by atoms with van der Waals surface area (Å²) in [7, 11) is 2.87. The predicted octanol–water partition coefficient (Wildman–Crippen LogP) is 0.690. The molecule has 0 N–H and O–H groups in total. The van der Waals surface area contributed by atoms with Gasteiger partial charge in [-0.2, -0.15) is 0 Å². The van der Waals surface area contributed by atoms with Crippen molar-refractivity contribution < 1.29 is 23.8 Å². The maximum absolute atomic E-state index is 12.4. The number of ether oxygens (including phenoxy) is 3. The van der Waals surface area contributed by atoms with Gasteiger partial charge in [-0.15, -0.1) is 0 Å². The molecule has 19 heavy (non-hydrogen) atoms. The van der Waals surface area contributed by atoms with Crippen molar-refractivity contribution in [2.75, 3.05) is 14.2 Å². The minimum Gasteiger partial charge on any atom is -0.466 e. The minimum atomic E-state index is -1.66. The van der Waals surface area contributed by atoms with E-state index in [1.165, 1.54) is 12.0 Å². The molecule has 2 aliphatic rings. The molecular weight excluding hydrogens is 250 g/mol. The van der Waals surface area contributed by atoms with Gasteiger partial charge < -0.3 is 19.1 Å². The average molecular weight is 271 g/mol. The quantitative estimate of drug-likeness (QED) is 0.546. The van der Waals surface area contributed by atoms with Crippen molar-refractivity contribution in [3.05, 3.63) is 0 Å². The van der Waals surface area contributed by atoms with Crippen molar-refractivity contribution >= 4 is 11.9 Å². The monoisotopic (exact) mass is 271 g/mol. The fourth-order valence-corrected chi connectivity index (χ4v) is 2.76. The summed E-state index contributed by atoms with van der Waals surface area (Å²) in [6, 6.07) is 0. The molecule has 0 aromatic heterocycles. The van der Waals surface area contributed by atoms with Crippen LogP contribution in [-0.2, 0) is 23.8 Å². The second-order valence-corrected chi connectivity index (χ2v) is 6.29. The highest BCUT2D eigenvalue weighted by atomic mass is 16.6. The molecule has 0 spiro atoms. The number of rotatable bonds is 2. The van der Waals surface area contributed by atoms with Crippen LogP contribution in [0.15, 0.2) is 0 Å². The van der Waals surface area contributed by atoms with Gasteiger partial charge in [-0.1, -0.05) is 0 Å². The van der Waals surface area contributed by atoms with Crippen LogP contribution in [0, 0.1) is 0 Å². The third-order valence-corrected chi connectivity index (χ3v) is 3.71. The highest BCUT2D eigenvalue weighted by Gasteiger charge is 2.74. The van der Waals surface area contributed by atoms with Gasteiger partial charge in [0.15, 0.2) is 0 Å². The Morgan fingerprint density at radius 3 is 2.47 bits per heavy atom. The first kappa shape index (κ1) is 14.3. The molecule has 0 aromatic rings. The van der Waals surface area contributed by atoms with Crippen LogP contribution in [-0.4, -0.2) is 54.0 Å². The number of methoxy groups -OCH3 is 1. The second kappa shape index (κ2) is 3.93. The number of hydrogen-bond acceptors (Lipinski definition) is 5. The Bertz CT molecular complexity index is 429. The summed E-state index contributed by atoms with van der Waals surface area (Å²) in [6.45, 7) is 7.41. The molecule has 0 aliphatic carbocycles. The van der Waals surface area contributed by atoms with Crippen molar-refractivity contribution in [2.45, 2.75) is 57.1 Å². The summed E-state index contributed by atoms with van der Waals surface area (Å²) in [5.74, 6) is -1.10. The predicted molar refractivity (Wildman–Crippen MR) is 66.3 cm³/mol.